The first-order valence-electron chi connectivity index (χ1n) is 9.26. The van der Waals surface area contributed by atoms with Gasteiger partial charge in [-0.25, -0.2) is 0 Å². The van der Waals surface area contributed by atoms with Gasteiger partial charge in [0.25, 0.3) is 0 Å². The Hall–Kier alpha value is -2.69. The molecule has 0 aromatic heterocycles. The first-order valence-corrected chi connectivity index (χ1v) is 9.26. The summed E-state index contributed by atoms with van der Waals surface area (Å²) < 4.78 is 10.7. The lowest BCUT2D eigenvalue weighted by Crippen LogP contribution is -2.37. The summed E-state index contributed by atoms with van der Waals surface area (Å²) in [6.45, 7) is 5.66. The second-order valence-electron chi connectivity index (χ2n) is 7.09. The number of nitrogen functional groups attached to an aromatic ring is 1. The number of hydrogen-bond acceptors (Lipinski definition) is 4. The predicted molar refractivity (Wildman–Crippen MR) is 109 cm³/mol. The maximum atomic E-state index is 12.8. The van der Waals surface area contributed by atoms with Gasteiger partial charge >= 0.3 is 0 Å². The van der Waals surface area contributed by atoms with Gasteiger partial charge < -0.3 is 20.1 Å². The highest BCUT2D eigenvalue weighted by atomic mass is 16.5. The Kier molecular flexibility index (Phi) is 7.53. The number of rotatable bonds is 9. The number of benzene rings is 2. The number of hydrogen-bond donors (Lipinski definition) is 1. The van der Waals surface area contributed by atoms with Crippen LogP contribution >= 0.6 is 0 Å². The third-order valence-corrected chi connectivity index (χ3v) is 4.39. The number of carbonyl (C=O) groups excluding carboxylic acids is 1. The molecule has 2 rings (SSSR count). The molecule has 0 bridgehead atoms. The zero-order valence-corrected chi connectivity index (χ0v) is 16.7. The first-order chi connectivity index (χ1) is 12.9. The summed E-state index contributed by atoms with van der Waals surface area (Å²) in [4.78, 5) is 14.8. The average Bonchev–Trinajstić information content (AvgIpc) is 2.66. The van der Waals surface area contributed by atoms with Crippen molar-refractivity contribution in [2.45, 2.75) is 26.7 Å². The molecule has 5 nitrogen and oxygen atoms in total. The van der Waals surface area contributed by atoms with Crippen molar-refractivity contribution < 1.29 is 14.3 Å². The molecule has 0 aliphatic heterocycles. The normalized spacial score (nSPS) is 10.7. The van der Waals surface area contributed by atoms with E-state index in [1.165, 1.54) is 0 Å². The van der Waals surface area contributed by atoms with Gasteiger partial charge in [0.15, 0.2) is 11.5 Å². The minimum Gasteiger partial charge on any atom is -0.493 e. The fraction of sp³-hybridized carbons (Fsp3) is 0.409. The van der Waals surface area contributed by atoms with Crippen molar-refractivity contribution in [2.75, 3.05) is 33.0 Å². The molecular weight excluding hydrogens is 340 g/mol. The molecule has 2 aromatic rings. The first kappa shape index (κ1) is 20.6. The standard InChI is InChI=1S/C22H30N2O3/c1-16(2)15-24(22(25)14-17-5-8-19(23)9-6-17)12-11-18-7-10-20(26-3)21(13-18)27-4/h5-10,13,16H,11-12,14-15,23H2,1-4H3. The Morgan fingerprint density at radius 1 is 1.00 bits per heavy atom. The number of anilines is 1. The number of ether oxygens (including phenoxy) is 2. The Morgan fingerprint density at radius 3 is 2.22 bits per heavy atom. The molecule has 0 atom stereocenters. The van der Waals surface area contributed by atoms with Gasteiger partial charge in [-0.3, -0.25) is 4.79 Å². The Bertz CT molecular complexity index is 742. The van der Waals surface area contributed by atoms with Crippen molar-refractivity contribution in [1.29, 1.82) is 0 Å². The summed E-state index contributed by atoms with van der Waals surface area (Å²) in [6, 6.07) is 13.4. The van der Waals surface area contributed by atoms with E-state index in [9.17, 15) is 4.79 Å². The summed E-state index contributed by atoms with van der Waals surface area (Å²) in [7, 11) is 3.25. The minimum absolute atomic E-state index is 0.133. The lowest BCUT2D eigenvalue weighted by molar-refractivity contribution is -0.131. The highest BCUT2D eigenvalue weighted by Crippen LogP contribution is 2.27. The topological polar surface area (TPSA) is 64.8 Å². The van der Waals surface area contributed by atoms with E-state index in [1.54, 1.807) is 14.2 Å². The molecule has 0 fully saturated rings. The fourth-order valence-electron chi connectivity index (χ4n) is 2.98. The van der Waals surface area contributed by atoms with E-state index in [0.717, 1.165) is 24.1 Å². The maximum Gasteiger partial charge on any atom is 0.227 e. The lowest BCUT2D eigenvalue weighted by atomic mass is 10.1. The van der Waals surface area contributed by atoms with Gasteiger partial charge in [0.1, 0.15) is 0 Å². The quantitative estimate of drug-likeness (QED) is 0.686. The van der Waals surface area contributed by atoms with Crippen LogP contribution in [-0.2, 0) is 17.6 Å². The van der Waals surface area contributed by atoms with Gasteiger partial charge in [-0.05, 0) is 47.7 Å². The molecule has 0 heterocycles. The van der Waals surface area contributed by atoms with Crippen molar-refractivity contribution in [3.05, 3.63) is 53.6 Å². The molecule has 1 amide bonds. The second-order valence-corrected chi connectivity index (χ2v) is 7.09. The van der Waals surface area contributed by atoms with Crippen LogP contribution in [0.2, 0.25) is 0 Å². The van der Waals surface area contributed by atoms with Crippen LogP contribution in [0.15, 0.2) is 42.5 Å². The number of amides is 1. The van der Waals surface area contributed by atoms with Crippen LogP contribution in [-0.4, -0.2) is 38.1 Å². The van der Waals surface area contributed by atoms with Crippen molar-refractivity contribution in [3.8, 4) is 11.5 Å². The molecule has 0 aliphatic rings. The smallest absolute Gasteiger partial charge is 0.227 e. The van der Waals surface area contributed by atoms with Crippen LogP contribution in [0.4, 0.5) is 5.69 Å². The van der Waals surface area contributed by atoms with E-state index in [2.05, 4.69) is 13.8 Å². The van der Waals surface area contributed by atoms with Crippen LogP contribution in [0.25, 0.3) is 0 Å². The van der Waals surface area contributed by atoms with Crippen molar-refractivity contribution in [2.24, 2.45) is 5.92 Å². The Morgan fingerprint density at radius 2 is 1.63 bits per heavy atom. The van der Waals surface area contributed by atoms with Gasteiger partial charge in [0.05, 0.1) is 20.6 Å². The third-order valence-electron chi connectivity index (χ3n) is 4.39. The van der Waals surface area contributed by atoms with Gasteiger partial charge in [-0.15, -0.1) is 0 Å². The van der Waals surface area contributed by atoms with Crippen molar-refractivity contribution >= 4 is 11.6 Å². The molecule has 146 valence electrons. The predicted octanol–water partition coefficient (Wildman–Crippen LogP) is 3.56. The molecule has 0 aliphatic carbocycles. The number of methoxy groups -OCH3 is 2. The van der Waals surface area contributed by atoms with Crippen LogP contribution in [0.5, 0.6) is 11.5 Å². The average molecular weight is 370 g/mol. The van der Waals surface area contributed by atoms with Crippen LogP contribution in [0.3, 0.4) is 0 Å². The molecule has 2 N–H and O–H groups in total. The summed E-state index contributed by atoms with van der Waals surface area (Å²) in [5, 5.41) is 0. The molecule has 27 heavy (non-hydrogen) atoms. The maximum absolute atomic E-state index is 12.8. The van der Waals surface area contributed by atoms with E-state index in [-0.39, 0.29) is 5.91 Å². The molecule has 2 aromatic carbocycles. The monoisotopic (exact) mass is 370 g/mol. The number of nitrogens with zero attached hydrogens (tertiary/aromatic N) is 1. The summed E-state index contributed by atoms with van der Waals surface area (Å²) in [6.07, 6.45) is 1.15. The molecular formula is C22H30N2O3. The van der Waals surface area contributed by atoms with E-state index in [4.69, 9.17) is 15.2 Å². The molecule has 5 heteroatoms. The van der Waals surface area contributed by atoms with Crippen LogP contribution < -0.4 is 15.2 Å². The van der Waals surface area contributed by atoms with Gasteiger partial charge in [0, 0.05) is 18.8 Å². The third kappa shape index (κ3) is 6.20. The highest BCUT2D eigenvalue weighted by molar-refractivity contribution is 5.79. The molecule has 0 spiro atoms. The molecule has 0 saturated heterocycles. The minimum atomic E-state index is 0.133. The second kappa shape index (κ2) is 9.86. The highest BCUT2D eigenvalue weighted by Gasteiger charge is 2.16. The van der Waals surface area contributed by atoms with E-state index >= 15 is 0 Å². The zero-order chi connectivity index (χ0) is 19.8. The van der Waals surface area contributed by atoms with E-state index in [0.29, 0.717) is 36.1 Å². The number of nitrogens with two attached hydrogens (primary N) is 1. The Labute approximate surface area is 162 Å². The van der Waals surface area contributed by atoms with Crippen LogP contribution in [0.1, 0.15) is 25.0 Å². The molecule has 0 saturated carbocycles. The van der Waals surface area contributed by atoms with Crippen LogP contribution in [0, 0.1) is 5.92 Å². The summed E-state index contributed by atoms with van der Waals surface area (Å²) >= 11 is 0. The van der Waals surface area contributed by atoms with Gasteiger partial charge in [-0.1, -0.05) is 32.0 Å². The van der Waals surface area contributed by atoms with Crippen molar-refractivity contribution in [3.63, 3.8) is 0 Å². The van der Waals surface area contributed by atoms with Gasteiger partial charge in [-0.2, -0.15) is 0 Å². The van der Waals surface area contributed by atoms with Gasteiger partial charge in [0.2, 0.25) is 5.91 Å². The van der Waals surface area contributed by atoms with E-state index in [1.807, 2.05) is 47.4 Å². The molecule has 0 radical (unpaired) electrons. The fourth-order valence-corrected chi connectivity index (χ4v) is 2.98. The lowest BCUT2D eigenvalue weighted by Gasteiger charge is -2.25. The largest absolute Gasteiger partial charge is 0.493 e. The summed E-state index contributed by atoms with van der Waals surface area (Å²) in [5.41, 5.74) is 8.53. The number of carbonyl (C=O) groups is 1. The Balaban J connectivity index is 2.05. The van der Waals surface area contributed by atoms with Crippen molar-refractivity contribution in [1.82, 2.24) is 4.90 Å². The molecule has 0 unspecified atom stereocenters. The zero-order valence-electron chi connectivity index (χ0n) is 16.7. The SMILES string of the molecule is COc1ccc(CCN(CC(C)C)C(=O)Cc2ccc(N)cc2)cc1OC. The summed E-state index contributed by atoms with van der Waals surface area (Å²) in [5.74, 6) is 1.96. The van der Waals surface area contributed by atoms with E-state index < -0.39 is 0 Å².